The molecule has 4 heteroatoms. The van der Waals surface area contributed by atoms with E-state index in [0.29, 0.717) is 13.0 Å². The number of hydrogen-bond acceptors (Lipinski definition) is 3. The maximum atomic E-state index is 11.8. The van der Waals surface area contributed by atoms with E-state index in [0.717, 1.165) is 10.5 Å². The predicted molar refractivity (Wildman–Crippen MR) is 78.3 cm³/mol. The zero-order valence-electron chi connectivity index (χ0n) is 10.1. The lowest BCUT2D eigenvalue weighted by Gasteiger charge is -2.05. The van der Waals surface area contributed by atoms with Crippen LogP contribution >= 0.6 is 24.0 Å². The average Bonchev–Trinajstić information content (AvgIpc) is 2.75. The van der Waals surface area contributed by atoms with Crippen LogP contribution in [0.25, 0.3) is 0 Å². The summed E-state index contributed by atoms with van der Waals surface area (Å²) in [6.45, 7) is 2.68. The summed E-state index contributed by atoms with van der Waals surface area (Å²) in [4.78, 5) is 13.9. The van der Waals surface area contributed by atoms with Gasteiger partial charge in [0, 0.05) is 9.77 Å². The quantitative estimate of drug-likeness (QED) is 0.826. The maximum Gasteiger partial charge on any atom is 0.224 e. The number of thiophene rings is 1. The molecule has 2 aromatic rings. The summed E-state index contributed by atoms with van der Waals surface area (Å²) in [7, 11) is 0. The van der Waals surface area contributed by atoms with Gasteiger partial charge in [0.05, 0.1) is 13.0 Å². The Bertz CT molecular complexity index is 531. The normalized spacial score (nSPS) is 10.3. The number of carbonyl (C=O) groups excluding carboxylic acids is 1. The predicted octanol–water partition coefficient (Wildman–Crippen LogP) is 3.20. The van der Waals surface area contributed by atoms with Crippen molar-refractivity contribution in [2.45, 2.75) is 24.8 Å². The molecule has 94 valence electrons. The lowest BCUT2D eigenvalue weighted by molar-refractivity contribution is -0.120. The van der Waals surface area contributed by atoms with Gasteiger partial charge in [-0.05, 0) is 41.6 Å². The van der Waals surface area contributed by atoms with Crippen molar-refractivity contribution in [1.29, 1.82) is 0 Å². The minimum absolute atomic E-state index is 0.0507. The molecule has 0 bridgehead atoms. The monoisotopic (exact) mass is 277 g/mol. The molecule has 0 spiro atoms. The molecule has 1 amide bonds. The van der Waals surface area contributed by atoms with E-state index in [9.17, 15) is 4.79 Å². The fourth-order valence-corrected chi connectivity index (χ4v) is 2.62. The summed E-state index contributed by atoms with van der Waals surface area (Å²) in [6.07, 6.45) is 0.415. The van der Waals surface area contributed by atoms with E-state index in [1.165, 1.54) is 10.4 Å². The van der Waals surface area contributed by atoms with E-state index >= 15 is 0 Å². The summed E-state index contributed by atoms with van der Waals surface area (Å²) in [5, 5.41) is 4.99. The molecule has 0 aliphatic heterocycles. The van der Waals surface area contributed by atoms with Crippen molar-refractivity contribution in [3.8, 4) is 0 Å². The summed E-state index contributed by atoms with van der Waals surface area (Å²) in [5.41, 5.74) is 2.24. The fraction of sp³-hybridized carbons (Fsp3) is 0.214. The van der Waals surface area contributed by atoms with Crippen LogP contribution in [0.2, 0.25) is 0 Å². The van der Waals surface area contributed by atoms with Crippen molar-refractivity contribution in [1.82, 2.24) is 5.32 Å². The molecule has 2 rings (SSSR count). The van der Waals surface area contributed by atoms with Crippen molar-refractivity contribution in [3.63, 3.8) is 0 Å². The van der Waals surface area contributed by atoms with E-state index in [1.807, 2.05) is 29.6 Å². The third-order valence-electron chi connectivity index (χ3n) is 2.72. The summed E-state index contributed by atoms with van der Waals surface area (Å²) in [5.74, 6) is 0.0507. The number of hydrogen-bond donors (Lipinski definition) is 2. The fourth-order valence-electron chi connectivity index (χ4n) is 1.63. The standard InChI is InChI=1S/C14H15NOS2/c1-10-6-7-18-13(10)9-15-14(16)8-11-2-4-12(17)5-3-11/h2-7,17H,8-9H2,1H3,(H,15,16). The van der Waals surface area contributed by atoms with Crippen LogP contribution < -0.4 is 5.32 Å². The molecule has 0 unspecified atom stereocenters. The third kappa shape index (κ3) is 3.62. The van der Waals surface area contributed by atoms with Gasteiger partial charge in [-0.3, -0.25) is 4.79 Å². The van der Waals surface area contributed by atoms with Crippen molar-refractivity contribution in [3.05, 3.63) is 51.7 Å². The van der Waals surface area contributed by atoms with E-state index in [2.05, 4.69) is 30.9 Å². The number of thiol groups is 1. The highest BCUT2D eigenvalue weighted by molar-refractivity contribution is 7.80. The highest BCUT2D eigenvalue weighted by atomic mass is 32.1. The molecule has 0 saturated carbocycles. The van der Waals surface area contributed by atoms with Crippen LogP contribution in [0, 0.1) is 6.92 Å². The van der Waals surface area contributed by atoms with Gasteiger partial charge in [0.2, 0.25) is 5.91 Å². The van der Waals surface area contributed by atoms with Gasteiger partial charge in [0.25, 0.3) is 0 Å². The van der Waals surface area contributed by atoms with Gasteiger partial charge in [0.1, 0.15) is 0 Å². The van der Waals surface area contributed by atoms with Crippen LogP contribution in [0.1, 0.15) is 16.0 Å². The van der Waals surface area contributed by atoms with Gasteiger partial charge in [-0.2, -0.15) is 0 Å². The maximum absolute atomic E-state index is 11.8. The first kappa shape index (κ1) is 13.2. The highest BCUT2D eigenvalue weighted by Gasteiger charge is 2.05. The zero-order valence-corrected chi connectivity index (χ0v) is 11.9. The zero-order chi connectivity index (χ0) is 13.0. The number of carbonyl (C=O) groups is 1. The van der Waals surface area contributed by atoms with Crippen LogP contribution in [0.4, 0.5) is 0 Å². The highest BCUT2D eigenvalue weighted by Crippen LogP contribution is 2.15. The molecule has 0 radical (unpaired) electrons. The Labute approximate surface area is 116 Å². The van der Waals surface area contributed by atoms with Gasteiger partial charge >= 0.3 is 0 Å². The molecule has 0 aliphatic carbocycles. The molecule has 1 N–H and O–H groups in total. The average molecular weight is 277 g/mol. The van der Waals surface area contributed by atoms with Gasteiger partial charge in [-0.25, -0.2) is 0 Å². The molecule has 0 saturated heterocycles. The molecule has 0 fully saturated rings. The van der Waals surface area contributed by atoms with Gasteiger partial charge in [0.15, 0.2) is 0 Å². The van der Waals surface area contributed by atoms with Crippen LogP contribution in [0.3, 0.4) is 0 Å². The molecular formula is C14H15NOS2. The molecule has 1 heterocycles. The first-order valence-corrected chi connectivity index (χ1v) is 7.05. The Balaban J connectivity index is 1.86. The SMILES string of the molecule is Cc1ccsc1CNC(=O)Cc1ccc(S)cc1. The second-order valence-electron chi connectivity index (χ2n) is 4.15. The topological polar surface area (TPSA) is 29.1 Å². The van der Waals surface area contributed by atoms with E-state index < -0.39 is 0 Å². The van der Waals surface area contributed by atoms with Crippen LogP contribution in [-0.2, 0) is 17.8 Å². The Morgan fingerprint density at radius 3 is 2.61 bits per heavy atom. The second-order valence-corrected chi connectivity index (χ2v) is 5.66. The number of nitrogens with one attached hydrogen (secondary N) is 1. The van der Waals surface area contributed by atoms with Crippen molar-refractivity contribution in [2.24, 2.45) is 0 Å². The van der Waals surface area contributed by atoms with Gasteiger partial charge < -0.3 is 5.32 Å². The molecule has 1 aromatic heterocycles. The van der Waals surface area contributed by atoms with E-state index in [-0.39, 0.29) is 5.91 Å². The number of benzene rings is 1. The first-order chi connectivity index (χ1) is 8.65. The smallest absolute Gasteiger partial charge is 0.224 e. The largest absolute Gasteiger partial charge is 0.351 e. The van der Waals surface area contributed by atoms with E-state index in [1.54, 1.807) is 11.3 Å². The number of amides is 1. The van der Waals surface area contributed by atoms with Crippen molar-refractivity contribution in [2.75, 3.05) is 0 Å². The Morgan fingerprint density at radius 1 is 1.28 bits per heavy atom. The lowest BCUT2D eigenvalue weighted by atomic mass is 10.1. The second kappa shape index (κ2) is 6.07. The van der Waals surface area contributed by atoms with E-state index in [4.69, 9.17) is 0 Å². The number of rotatable bonds is 4. The Hall–Kier alpha value is -1.26. The molecular weight excluding hydrogens is 262 g/mol. The van der Waals surface area contributed by atoms with Gasteiger partial charge in [-0.15, -0.1) is 24.0 Å². The minimum atomic E-state index is 0.0507. The molecule has 0 aliphatic rings. The summed E-state index contributed by atoms with van der Waals surface area (Å²) >= 11 is 5.89. The summed E-state index contributed by atoms with van der Waals surface area (Å²) < 4.78 is 0. The Morgan fingerprint density at radius 2 is 2.00 bits per heavy atom. The lowest BCUT2D eigenvalue weighted by Crippen LogP contribution is -2.24. The van der Waals surface area contributed by atoms with Crippen LogP contribution in [0.15, 0.2) is 40.6 Å². The van der Waals surface area contributed by atoms with Crippen molar-refractivity contribution < 1.29 is 4.79 Å². The van der Waals surface area contributed by atoms with Crippen LogP contribution in [-0.4, -0.2) is 5.91 Å². The summed E-state index contributed by atoms with van der Waals surface area (Å²) in [6, 6.07) is 9.72. The van der Waals surface area contributed by atoms with Crippen LogP contribution in [0.5, 0.6) is 0 Å². The first-order valence-electron chi connectivity index (χ1n) is 5.73. The Kier molecular flexibility index (Phi) is 4.44. The molecule has 0 atom stereocenters. The van der Waals surface area contributed by atoms with Gasteiger partial charge in [-0.1, -0.05) is 12.1 Å². The number of aryl methyl sites for hydroxylation is 1. The minimum Gasteiger partial charge on any atom is -0.351 e. The molecule has 1 aromatic carbocycles. The van der Waals surface area contributed by atoms with Crippen molar-refractivity contribution >= 4 is 29.9 Å². The molecule has 2 nitrogen and oxygen atoms in total. The molecule has 18 heavy (non-hydrogen) atoms. The third-order valence-corrected chi connectivity index (χ3v) is 4.04.